The lowest BCUT2D eigenvalue weighted by Gasteiger charge is -2.28. The summed E-state index contributed by atoms with van der Waals surface area (Å²) in [6, 6.07) is 15.0. The normalized spacial score (nSPS) is 16.2. The fraction of sp³-hybridized carbons (Fsp3) is 0.429. The van der Waals surface area contributed by atoms with Gasteiger partial charge in [0.2, 0.25) is 0 Å². The second-order valence-electron chi connectivity index (χ2n) is 7.10. The molecule has 0 amide bonds. The molecule has 1 atom stereocenters. The zero-order valence-electron chi connectivity index (χ0n) is 15.8. The van der Waals surface area contributed by atoms with Crippen molar-refractivity contribution in [3.05, 3.63) is 54.1 Å². The molecule has 2 N–H and O–H groups in total. The monoisotopic (exact) mass is 388 g/mol. The summed E-state index contributed by atoms with van der Waals surface area (Å²) < 4.78 is 33.6. The SMILES string of the molecule is CCCCCCCC1Nc2cccc(S(=O)(=O)O)c2N1Cc1ccccc1. The lowest BCUT2D eigenvalue weighted by atomic mass is 10.1. The highest BCUT2D eigenvalue weighted by Gasteiger charge is 2.33. The van der Waals surface area contributed by atoms with Gasteiger partial charge in [-0.25, -0.2) is 0 Å². The van der Waals surface area contributed by atoms with E-state index < -0.39 is 10.1 Å². The maximum absolute atomic E-state index is 11.9. The molecule has 1 aliphatic rings. The van der Waals surface area contributed by atoms with Crippen LogP contribution in [0.1, 0.15) is 51.0 Å². The van der Waals surface area contributed by atoms with Crippen LogP contribution in [0, 0.1) is 0 Å². The van der Waals surface area contributed by atoms with Crippen molar-refractivity contribution in [3.63, 3.8) is 0 Å². The van der Waals surface area contributed by atoms with Crippen molar-refractivity contribution >= 4 is 21.5 Å². The molecule has 2 aromatic rings. The highest BCUT2D eigenvalue weighted by Crippen LogP contribution is 2.41. The first kappa shape index (κ1) is 19.7. The molecule has 1 heterocycles. The first-order valence-corrected chi connectivity index (χ1v) is 11.1. The Bertz CT molecular complexity index is 853. The van der Waals surface area contributed by atoms with Crippen molar-refractivity contribution in [1.29, 1.82) is 0 Å². The average Bonchev–Trinajstić information content (AvgIpc) is 2.99. The summed E-state index contributed by atoms with van der Waals surface area (Å²) in [6.07, 6.45) is 6.89. The van der Waals surface area contributed by atoms with Crippen LogP contribution in [0.25, 0.3) is 0 Å². The Hall–Kier alpha value is -2.05. The predicted molar refractivity (Wildman–Crippen MR) is 110 cm³/mol. The Morgan fingerprint density at radius 3 is 2.44 bits per heavy atom. The predicted octanol–water partition coefficient (Wildman–Crippen LogP) is 5.05. The summed E-state index contributed by atoms with van der Waals surface area (Å²) in [6.45, 7) is 2.79. The van der Waals surface area contributed by atoms with Gasteiger partial charge in [0.15, 0.2) is 0 Å². The van der Waals surface area contributed by atoms with Crippen molar-refractivity contribution in [2.24, 2.45) is 0 Å². The van der Waals surface area contributed by atoms with E-state index in [-0.39, 0.29) is 11.1 Å². The molecular formula is C21H28N2O3S. The molecule has 0 aromatic heterocycles. The van der Waals surface area contributed by atoms with E-state index in [9.17, 15) is 13.0 Å². The van der Waals surface area contributed by atoms with Crippen LogP contribution < -0.4 is 10.2 Å². The molecule has 3 rings (SSSR count). The van der Waals surface area contributed by atoms with Crippen LogP contribution in [-0.4, -0.2) is 19.1 Å². The van der Waals surface area contributed by atoms with E-state index in [0.29, 0.717) is 12.2 Å². The van der Waals surface area contributed by atoms with Crippen LogP contribution in [0.4, 0.5) is 11.4 Å². The molecule has 0 fully saturated rings. The second-order valence-corrected chi connectivity index (χ2v) is 8.49. The van der Waals surface area contributed by atoms with Gasteiger partial charge in [0.05, 0.1) is 17.5 Å². The van der Waals surface area contributed by atoms with Gasteiger partial charge in [-0.1, -0.05) is 69.0 Å². The molecular weight excluding hydrogens is 360 g/mol. The molecule has 1 unspecified atom stereocenters. The molecule has 1 aliphatic heterocycles. The molecule has 0 saturated heterocycles. The minimum absolute atomic E-state index is 0.0183. The number of fused-ring (bicyclic) bond motifs is 1. The largest absolute Gasteiger partial charge is 0.363 e. The standard InChI is InChI=1S/C21H28N2O3S/c1-2-3-4-5-9-15-20-22-18-13-10-14-19(27(24,25)26)21(18)23(20)16-17-11-7-6-8-12-17/h6-8,10-14,20,22H,2-5,9,15-16H2,1H3,(H,24,25,26). The summed E-state index contributed by atoms with van der Waals surface area (Å²) in [5, 5.41) is 3.46. The zero-order chi connectivity index (χ0) is 19.3. The zero-order valence-corrected chi connectivity index (χ0v) is 16.6. The van der Waals surface area contributed by atoms with Gasteiger partial charge in [-0.2, -0.15) is 8.42 Å². The topological polar surface area (TPSA) is 69.6 Å². The highest BCUT2D eigenvalue weighted by atomic mass is 32.2. The molecule has 5 nitrogen and oxygen atoms in total. The fourth-order valence-corrected chi connectivity index (χ4v) is 4.42. The van der Waals surface area contributed by atoms with Gasteiger partial charge in [-0.3, -0.25) is 4.55 Å². The quantitative estimate of drug-likeness (QED) is 0.464. The maximum atomic E-state index is 11.9. The van der Waals surface area contributed by atoms with Gasteiger partial charge in [0.25, 0.3) is 10.1 Å². The van der Waals surface area contributed by atoms with Crippen molar-refractivity contribution in [3.8, 4) is 0 Å². The van der Waals surface area contributed by atoms with E-state index in [4.69, 9.17) is 0 Å². The number of para-hydroxylation sites is 1. The van der Waals surface area contributed by atoms with E-state index in [1.807, 2.05) is 36.4 Å². The number of nitrogens with zero attached hydrogens (tertiary/aromatic N) is 1. The third-order valence-electron chi connectivity index (χ3n) is 5.04. The number of unbranched alkanes of at least 4 members (excludes halogenated alkanes) is 4. The van der Waals surface area contributed by atoms with E-state index in [1.165, 1.54) is 31.7 Å². The van der Waals surface area contributed by atoms with Crippen LogP contribution in [0.5, 0.6) is 0 Å². The van der Waals surface area contributed by atoms with Gasteiger partial charge in [0.1, 0.15) is 4.90 Å². The molecule has 2 aromatic carbocycles. The third kappa shape index (κ3) is 4.82. The number of benzene rings is 2. The Labute approximate surface area is 162 Å². The summed E-state index contributed by atoms with van der Waals surface area (Å²) in [5.74, 6) is 0. The summed E-state index contributed by atoms with van der Waals surface area (Å²) in [4.78, 5) is 2.05. The van der Waals surface area contributed by atoms with E-state index in [2.05, 4.69) is 17.1 Å². The Kier molecular flexibility index (Phi) is 6.39. The Morgan fingerprint density at radius 1 is 1.00 bits per heavy atom. The molecule has 27 heavy (non-hydrogen) atoms. The minimum Gasteiger partial charge on any atom is -0.363 e. The number of rotatable bonds is 9. The summed E-state index contributed by atoms with van der Waals surface area (Å²) in [5.41, 5.74) is 2.44. The van der Waals surface area contributed by atoms with E-state index in [1.54, 1.807) is 6.07 Å². The van der Waals surface area contributed by atoms with Crippen LogP contribution in [0.15, 0.2) is 53.4 Å². The highest BCUT2D eigenvalue weighted by molar-refractivity contribution is 7.86. The van der Waals surface area contributed by atoms with Crippen LogP contribution >= 0.6 is 0 Å². The minimum atomic E-state index is -4.29. The molecule has 6 heteroatoms. The third-order valence-corrected chi connectivity index (χ3v) is 5.92. The van der Waals surface area contributed by atoms with Crippen molar-refractivity contribution in [2.75, 3.05) is 10.2 Å². The Morgan fingerprint density at radius 2 is 1.74 bits per heavy atom. The lowest BCUT2D eigenvalue weighted by Crippen LogP contribution is -2.35. The van der Waals surface area contributed by atoms with Gasteiger partial charge in [-0.05, 0) is 30.5 Å². The van der Waals surface area contributed by atoms with Crippen LogP contribution in [-0.2, 0) is 16.7 Å². The van der Waals surface area contributed by atoms with Crippen LogP contribution in [0.2, 0.25) is 0 Å². The molecule has 0 bridgehead atoms. The summed E-state index contributed by atoms with van der Waals surface area (Å²) >= 11 is 0. The molecule has 0 spiro atoms. The number of hydrogen-bond donors (Lipinski definition) is 2. The van der Waals surface area contributed by atoms with Gasteiger partial charge in [-0.15, -0.1) is 0 Å². The van der Waals surface area contributed by atoms with Crippen molar-refractivity contribution in [1.82, 2.24) is 0 Å². The van der Waals surface area contributed by atoms with Gasteiger partial charge in [0, 0.05) is 6.54 Å². The van der Waals surface area contributed by atoms with Gasteiger partial charge >= 0.3 is 0 Å². The first-order chi connectivity index (χ1) is 13.0. The summed E-state index contributed by atoms with van der Waals surface area (Å²) in [7, 11) is -4.29. The number of anilines is 2. The van der Waals surface area contributed by atoms with E-state index >= 15 is 0 Å². The van der Waals surface area contributed by atoms with E-state index in [0.717, 1.165) is 24.1 Å². The Balaban J connectivity index is 1.86. The molecule has 0 aliphatic carbocycles. The lowest BCUT2D eigenvalue weighted by molar-refractivity contribution is 0.482. The van der Waals surface area contributed by atoms with Gasteiger partial charge < -0.3 is 10.2 Å². The molecule has 146 valence electrons. The second kappa shape index (κ2) is 8.76. The van der Waals surface area contributed by atoms with Crippen molar-refractivity contribution < 1.29 is 13.0 Å². The smallest absolute Gasteiger partial charge is 0.296 e. The first-order valence-electron chi connectivity index (χ1n) is 9.68. The fourth-order valence-electron chi connectivity index (χ4n) is 3.70. The maximum Gasteiger partial charge on any atom is 0.296 e. The van der Waals surface area contributed by atoms with Crippen molar-refractivity contribution in [2.45, 2.75) is 63.1 Å². The average molecular weight is 389 g/mol. The number of hydrogen-bond acceptors (Lipinski definition) is 4. The number of nitrogens with one attached hydrogen (secondary N) is 1. The van der Waals surface area contributed by atoms with Crippen LogP contribution in [0.3, 0.4) is 0 Å². The molecule has 0 radical (unpaired) electrons. The molecule has 0 saturated carbocycles.